The Balaban J connectivity index is 2.20. The number of carbonyl (C=O) groups excluding carboxylic acids is 1. The molecule has 0 bridgehead atoms. The van der Waals surface area contributed by atoms with Crippen molar-refractivity contribution in [3.63, 3.8) is 0 Å². The van der Waals surface area contributed by atoms with Crippen LogP contribution in [0.1, 0.15) is 32.6 Å². The Morgan fingerprint density at radius 1 is 1.39 bits per heavy atom. The van der Waals surface area contributed by atoms with Gasteiger partial charge in [-0.25, -0.2) is 13.1 Å². The van der Waals surface area contributed by atoms with E-state index in [1.54, 1.807) is 11.8 Å². The summed E-state index contributed by atoms with van der Waals surface area (Å²) in [7, 11) is -3.14. The van der Waals surface area contributed by atoms with Crippen molar-refractivity contribution < 1.29 is 13.2 Å². The van der Waals surface area contributed by atoms with E-state index in [9.17, 15) is 13.2 Å². The lowest BCUT2D eigenvalue weighted by Gasteiger charge is -2.20. The number of sulfonamides is 1. The highest BCUT2D eigenvalue weighted by molar-refractivity contribution is 7.89. The number of hydrogen-bond acceptors (Lipinski definition) is 4. The van der Waals surface area contributed by atoms with Gasteiger partial charge in [0.2, 0.25) is 15.9 Å². The van der Waals surface area contributed by atoms with Gasteiger partial charge in [-0.1, -0.05) is 0 Å². The minimum atomic E-state index is -3.14. The van der Waals surface area contributed by atoms with Crippen LogP contribution in [0.4, 0.5) is 0 Å². The summed E-state index contributed by atoms with van der Waals surface area (Å²) in [5.74, 6) is 0.0667. The van der Waals surface area contributed by atoms with Gasteiger partial charge in [-0.05, 0) is 32.6 Å². The van der Waals surface area contributed by atoms with Crippen molar-refractivity contribution in [2.24, 2.45) is 5.73 Å². The first-order chi connectivity index (χ1) is 8.46. The molecule has 18 heavy (non-hydrogen) atoms. The van der Waals surface area contributed by atoms with E-state index in [0.717, 1.165) is 25.9 Å². The third-order valence-corrected chi connectivity index (χ3v) is 4.53. The van der Waals surface area contributed by atoms with Crippen molar-refractivity contribution in [2.75, 3.05) is 25.4 Å². The van der Waals surface area contributed by atoms with Crippen LogP contribution in [-0.2, 0) is 14.8 Å². The Labute approximate surface area is 109 Å². The van der Waals surface area contributed by atoms with E-state index in [-0.39, 0.29) is 11.7 Å². The average Bonchev–Trinajstić information content (AvgIpc) is 2.87. The van der Waals surface area contributed by atoms with E-state index in [0.29, 0.717) is 19.4 Å². The zero-order valence-electron chi connectivity index (χ0n) is 10.9. The molecule has 0 aliphatic carbocycles. The average molecular weight is 277 g/mol. The summed E-state index contributed by atoms with van der Waals surface area (Å²) in [5.41, 5.74) is 5.81. The van der Waals surface area contributed by atoms with E-state index in [2.05, 4.69) is 4.72 Å². The van der Waals surface area contributed by atoms with E-state index in [1.165, 1.54) is 0 Å². The zero-order chi connectivity index (χ0) is 13.6. The minimum Gasteiger partial charge on any atom is -0.341 e. The molecule has 7 heteroatoms. The lowest BCUT2D eigenvalue weighted by Crippen LogP contribution is -2.42. The predicted octanol–water partition coefficient (Wildman–Crippen LogP) is -0.344. The number of amides is 1. The highest BCUT2D eigenvalue weighted by atomic mass is 32.2. The third-order valence-electron chi connectivity index (χ3n) is 3.13. The highest BCUT2D eigenvalue weighted by Crippen LogP contribution is 2.10. The Bertz CT molecular complexity index is 364. The van der Waals surface area contributed by atoms with Crippen LogP contribution < -0.4 is 10.5 Å². The number of hydrogen-bond donors (Lipinski definition) is 2. The Kier molecular flexibility index (Phi) is 6.04. The van der Waals surface area contributed by atoms with Gasteiger partial charge in [0.1, 0.15) is 0 Å². The number of nitrogens with one attached hydrogen (secondary N) is 1. The molecule has 6 nitrogen and oxygen atoms in total. The summed E-state index contributed by atoms with van der Waals surface area (Å²) in [6.07, 6.45) is 3.20. The predicted molar refractivity (Wildman–Crippen MR) is 70.5 cm³/mol. The van der Waals surface area contributed by atoms with Crippen molar-refractivity contribution >= 4 is 15.9 Å². The molecule has 0 aromatic carbocycles. The van der Waals surface area contributed by atoms with Crippen molar-refractivity contribution in [3.05, 3.63) is 0 Å². The van der Waals surface area contributed by atoms with Gasteiger partial charge in [0.05, 0.1) is 11.8 Å². The molecule has 1 aliphatic rings. The number of carbonyl (C=O) groups is 1. The third kappa shape index (κ3) is 4.91. The highest BCUT2D eigenvalue weighted by Gasteiger charge is 2.23. The minimum absolute atomic E-state index is 0.00847. The fourth-order valence-corrected chi connectivity index (χ4v) is 2.61. The van der Waals surface area contributed by atoms with Gasteiger partial charge in [0, 0.05) is 19.6 Å². The standard InChI is InChI=1S/C11H23N3O3S/c1-2-18(16,17)13-7-5-6-10(12)11(15)14-8-3-4-9-14/h10,13H,2-9,12H2,1H3/t10-/m0/s1. The molecule has 1 aliphatic heterocycles. The summed E-state index contributed by atoms with van der Waals surface area (Å²) in [5, 5.41) is 0. The summed E-state index contributed by atoms with van der Waals surface area (Å²) in [6.45, 7) is 3.53. The fourth-order valence-electron chi connectivity index (χ4n) is 1.95. The second-order valence-electron chi connectivity index (χ2n) is 4.58. The molecular formula is C11H23N3O3S. The molecule has 0 spiro atoms. The van der Waals surface area contributed by atoms with Gasteiger partial charge in [0.15, 0.2) is 0 Å². The number of rotatable bonds is 7. The Hall–Kier alpha value is -0.660. The molecule has 0 unspecified atom stereocenters. The van der Waals surface area contributed by atoms with E-state index in [4.69, 9.17) is 5.73 Å². The first-order valence-corrected chi connectivity index (χ1v) is 8.13. The molecule has 106 valence electrons. The lowest BCUT2D eigenvalue weighted by atomic mass is 10.1. The Morgan fingerprint density at radius 2 is 2.00 bits per heavy atom. The smallest absolute Gasteiger partial charge is 0.239 e. The van der Waals surface area contributed by atoms with Crippen molar-refractivity contribution in [1.82, 2.24) is 9.62 Å². The van der Waals surface area contributed by atoms with Crippen LogP contribution in [-0.4, -0.2) is 50.7 Å². The molecule has 1 heterocycles. The van der Waals surface area contributed by atoms with Gasteiger partial charge in [-0.2, -0.15) is 0 Å². The van der Waals surface area contributed by atoms with Crippen LogP contribution >= 0.6 is 0 Å². The topological polar surface area (TPSA) is 92.5 Å². The van der Waals surface area contributed by atoms with Crippen LogP contribution in [0.15, 0.2) is 0 Å². The number of nitrogens with zero attached hydrogens (tertiary/aromatic N) is 1. The maximum absolute atomic E-state index is 11.9. The SMILES string of the molecule is CCS(=O)(=O)NCCC[C@H](N)C(=O)N1CCCC1. The molecule has 0 aromatic heterocycles. The maximum atomic E-state index is 11.9. The largest absolute Gasteiger partial charge is 0.341 e. The summed E-state index contributed by atoms with van der Waals surface area (Å²) < 4.78 is 24.8. The molecule has 3 N–H and O–H groups in total. The Morgan fingerprint density at radius 3 is 2.56 bits per heavy atom. The molecule has 0 saturated carbocycles. The normalized spacial score (nSPS) is 18.0. The van der Waals surface area contributed by atoms with Gasteiger partial charge in [-0.3, -0.25) is 4.79 Å². The van der Waals surface area contributed by atoms with Crippen LogP contribution in [0.25, 0.3) is 0 Å². The van der Waals surface area contributed by atoms with E-state index < -0.39 is 16.1 Å². The number of nitrogens with two attached hydrogens (primary N) is 1. The first-order valence-electron chi connectivity index (χ1n) is 6.48. The summed E-state index contributed by atoms with van der Waals surface area (Å²) in [4.78, 5) is 13.6. The zero-order valence-corrected chi connectivity index (χ0v) is 11.7. The lowest BCUT2D eigenvalue weighted by molar-refractivity contribution is -0.131. The van der Waals surface area contributed by atoms with Crippen LogP contribution in [0.2, 0.25) is 0 Å². The molecule has 1 atom stereocenters. The van der Waals surface area contributed by atoms with Crippen LogP contribution in [0.3, 0.4) is 0 Å². The van der Waals surface area contributed by atoms with Gasteiger partial charge in [0.25, 0.3) is 0 Å². The monoisotopic (exact) mass is 277 g/mol. The maximum Gasteiger partial charge on any atom is 0.239 e. The van der Waals surface area contributed by atoms with Crippen molar-refractivity contribution in [1.29, 1.82) is 0 Å². The van der Waals surface area contributed by atoms with Crippen molar-refractivity contribution in [2.45, 2.75) is 38.6 Å². The fraction of sp³-hybridized carbons (Fsp3) is 0.909. The van der Waals surface area contributed by atoms with Crippen molar-refractivity contribution in [3.8, 4) is 0 Å². The number of likely N-dealkylation sites (tertiary alicyclic amines) is 1. The molecule has 1 amide bonds. The molecule has 1 rings (SSSR count). The summed E-state index contributed by atoms with van der Waals surface area (Å²) >= 11 is 0. The molecule has 0 radical (unpaired) electrons. The second kappa shape index (κ2) is 7.06. The quantitative estimate of drug-likeness (QED) is 0.622. The van der Waals surface area contributed by atoms with Gasteiger partial charge < -0.3 is 10.6 Å². The second-order valence-corrected chi connectivity index (χ2v) is 6.67. The molecular weight excluding hydrogens is 254 g/mol. The van der Waals surface area contributed by atoms with E-state index in [1.807, 2.05) is 0 Å². The van der Waals surface area contributed by atoms with Crippen LogP contribution in [0, 0.1) is 0 Å². The van der Waals surface area contributed by atoms with E-state index >= 15 is 0 Å². The summed E-state index contributed by atoms with van der Waals surface area (Å²) in [6, 6.07) is -0.505. The first kappa shape index (κ1) is 15.4. The van der Waals surface area contributed by atoms with Crippen LogP contribution in [0.5, 0.6) is 0 Å². The molecule has 1 saturated heterocycles. The molecule has 0 aromatic rings. The van der Waals surface area contributed by atoms with Gasteiger partial charge >= 0.3 is 0 Å². The molecule has 1 fully saturated rings. The van der Waals surface area contributed by atoms with Gasteiger partial charge in [-0.15, -0.1) is 0 Å².